The van der Waals surface area contributed by atoms with Gasteiger partial charge in [0.2, 0.25) is 0 Å². The molecule has 1 heterocycles. The molecule has 6 nitrogen and oxygen atoms in total. The molecular formula is C15H22N2O4. The van der Waals surface area contributed by atoms with Crippen LogP contribution >= 0.6 is 0 Å². The van der Waals surface area contributed by atoms with Crippen molar-refractivity contribution in [2.45, 2.75) is 6.42 Å². The number of benzene rings is 1. The number of methoxy groups -OCH3 is 2. The second-order valence-corrected chi connectivity index (χ2v) is 5.01. The lowest BCUT2D eigenvalue weighted by atomic mass is 10.0. The SMILES string of the molecule is COc1cc(OC)c(C(=O)O)cc1CCN1CCNCC1. The zero-order chi connectivity index (χ0) is 15.2. The predicted molar refractivity (Wildman–Crippen MR) is 79.5 cm³/mol. The van der Waals surface area contributed by atoms with Crippen molar-refractivity contribution >= 4 is 5.97 Å². The lowest BCUT2D eigenvalue weighted by Gasteiger charge is -2.27. The minimum atomic E-state index is -0.988. The van der Waals surface area contributed by atoms with Crippen LogP contribution in [0.1, 0.15) is 15.9 Å². The van der Waals surface area contributed by atoms with E-state index in [4.69, 9.17) is 9.47 Å². The molecule has 0 radical (unpaired) electrons. The average Bonchev–Trinajstić information content (AvgIpc) is 2.52. The van der Waals surface area contributed by atoms with Gasteiger partial charge in [0.25, 0.3) is 0 Å². The third-order valence-electron chi connectivity index (χ3n) is 3.74. The molecule has 21 heavy (non-hydrogen) atoms. The molecule has 1 fully saturated rings. The van der Waals surface area contributed by atoms with E-state index in [1.165, 1.54) is 7.11 Å². The third-order valence-corrected chi connectivity index (χ3v) is 3.74. The number of ether oxygens (including phenoxy) is 2. The summed E-state index contributed by atoms with van der Waals surface area (Å²) in [7, 11) is 3.05. The quantitative estimate of drug-likeness (QED) is 0.810. The van der Waals surface area contributed by atoms with E-state index in [1.54, 1.807) is 19.2 Å². The summed E-state index contributed by atoms with van der Waals surface area (Å²) in [5.74, 6) is 0.00943. The fourth-order valence-electron chi connectivity index (χ4n) is 2.54. The van der Waals surface area contributed by atoms with Crippen LogP contribution in [0.5, 0.6) is 11.5 Å². The minimum Gasteiger partial charge on any atom is -0.496 e. The fraction of sp³-hybridized carbons (Fsp3) is 0.533. The van der Waals surface area contributed by atoms with Crippen LogP contribution in [-0.4, -0.2) is 62.9 Å². The Bertz CT molecular complexity index is 499. The Morgan fingerprint density at radius 2 is 1.90 bits per heavy atom. The van der Waals surface area contributed by atoms with Crippen LogP contribution in [0.4, 0.5) is 0 Å². The number of rotatable bonds is 6. The van der Waals surface area contributed by atoms with Crippen molar-refractivity contribution < 1.29 is 19.4 Å². The normalized spacial score (nSPS) is 15.7. The number of hydrogen-bond acceptors (Lipinski definition) is 5. The monoisotopic (exact) mass is 294 g/mol. The number of piperazine rings is 1. The molecule has 0 atom stereocenters. The number of nitrogens with one attached hydrogen (secondary N) is 1. The zero-order valence-corrected chi connectivity index (χ0v) is 12.5. The van der Waals surface area contributed by atoms with Gasteiger partial charge < -0.3 is 24.8 Å². The molecule has 1 aromatic rings. The molecule has 0 amide bonds. The summed E-state index contributed by atoms with van der Waals surface area (Å²) < 4.78 is 10.5. The first kappa shape index (κ1) is 15.6. The maximum atomic E-state index is 11.3. The molecule has 2 N–H and O–H groups in total. The van der Waals surface area contributed by atoms with Crippen molar-refractivity contribution in [1.82, 2.24) is 10.2 Å². The highest BCUT2D eigenvalue weighted by molar-refractivity contribution is 5.91. The Balaban J connectivity index is 2.16. The van der Waals surface area contributed by atoms with Gasteiger partial charge in [-0.2, -0.15) is 0 Å². The number of carboxylic acid groups (broad SMARTS) is 1. The second-order valence-electron chi connectivity index (χ2n) is 5.01. The van der Waals surface area contributed by atoms with E-state index in [9.17, 15) is 9.90 Å². The summed E-state index contributed by atoms with van der Waals surface area (Å²) in [6.07, 6.45) is 0.757. The van der Waals surface area contributed by atoms with E-state index >= 15 is 0 Å². The number of hydrogen-bond donors (Lipinski definition) is 2. The van der Waals surface area contributed by atoms with Crippen LogP contribution < -0.4 is 14.8 Å². The van der Waals surface area contributed by atoms with E-state index in [0.29, 0.717) is 11.5 Å². The topological polar surface area (TPSA) is 71.0 Å². The highest BCUT2D eigenvalue weighted by Crippen LogP contribution is 2.29. The molecule has 116 valence electrons. The summed E-state index contributed by atoms with van der Waals surface area (Å²) in [5.41, 5.74) is 1.07. The van der Waals surface area contributed by atoms with Crippen molar-refractivity contribution in [2.24, 2.45) is 0 Å². The van der Waals surface area contributed by atoms with Gasteiger partial charge in [-0.1, -0.05) is 0 Å². The molecule has 1 aromatic carbocycles. The van der Waals surface area contributed by atoms with Crippen molar-refractivity contribution in [3.05, 3.63) is 23.3 Å². The van der Waals surface area contributed by atoms with Crippen LogP contribution in [-0.2, 0) is 6.42 Å². The van der Waals surface area contributed by atoms with Gasteiger partial charge in [0.05, 0.1) is 14.2 Å². The first-order valence-corrected chi connectivity index (χ1v) is 7.07. The van der Waals surface area contributed by atoms with Crippen molar-refractivity contribution in [2.75, 3.05) is 46.9 Å². The molecule has 0 bridgehead atoms. The molecule has 0 saturated carbocycles. The van der Waals surface area contributed by atoms with Crippen molar-refractivity contribution in [1.29, 1.82) is 0 Å². The Kier molecular flexibility index (Phi) is 5.41. The Morgan fingerprint density at radius 3 is 2.48 bits per heavy atom. The molecule has 1 aliphatic heterocycles. The van der Waals surface area contributed by atoms with Crippen LogP contribution in [0.15, 0.2) is 12.1 Å². The highest BCUT2D eigenvalue weighted by Gasteiger charge is 2.17. The van der Waals surface area contributed by atoms with E-state index in [1.807, 2.05) is 0 Å². The maximum Gasteiger partial charge on any atom is 0.339 e. The summed E-state index contributed by atoms with van der Waals surface area (Å²) in [4.78, 5) is 13.7. The van der Waals surface area contributed by atoms with Gasteiger partial charge >= 0.3 is 5.97 Å². The standard InChI is InChI=1S/C15H22N2O4/c1-20-13-10-14(21-2)12(15(18)19)9-11(13)3-6-17-7-4-16-5-8-17/h9-10,16H,3-8H2,1-2H3,(H,18,19). The van der Waals surface area contributed by atoms with E-state index < -0.39 is 5.97 Å². The van der Waals surface area contributed by atoms with Gasteiger partial charge in [-0.05, 0) is 18.1 Å². The molecule has 0 spiro atoms. The minimum absolute atomic E-state index is 0.175. The van der Waals surface area contributed by atoms with Crippen LogP contribution in [0.2, 0.25) is 0 Å². The molecular weight excluding hydrogens is 272 g/mol. The molecule has 6 heteroatoms. The fourth-order valence-corrected chi connectivity index (χ4v) is 2.54. The smallest absolute Gasteiger partial charge is 0.339 e. The first-order chi connectivity index (χ1) is 10.2. The molecule has 0 unspecified atom stereocenters. The van der Waals surface area contributed by atoms with Crippen molar-refractivity contribution in [3.63, 3.8) is 0 Å². The lowest BCUT2D eigenvalue weighted by molar-refractivity contribution is 0.0693. The number of carboxylic acids is 1. The maximum absolute atomic E-state index is 11.3. The lowest BCUT2D eigenvalue weighted by Crippen LogP contribution is -2.44. The highest BCUT2D eigenvalue weighted by atomic mass is 16.5. The number of carbonyl (C=O) groups is 1. The summed E-state index contributed by atoms with van der Waals surface area (Å²) in [6, 6.07) is 3.30. The zero-order valence-electron chi connectivity index (χ0n) is 12.5. The van der Waals surface area contributed by atoms with Gasteiger partial charge in [0.15, 0.2) is 0 Å². The summed E-state index contributed by atoms with van der Waals surface area (Å²) in [6.45, 7) is 4.93. The van der Waals surface area contributed by atoms with E-state index in [0.717, 1.165) is 44.7 Å². The molecule has 0 aromatic heterocycles. The van der Waals surface area contributed by atoms with Gasteiger partial charge in [0.1, 0.15) is 17.1 Å². The first-order valence-electron chi connectivity index (χ1n) is 7.07. The van der Waals surface area contributed by atoms with Gasteiger partial charge in [-0.25, -0.2) is 4.79 Å². The molecule has 0 aliphatic carbocycles. The summed E-state index contributed by atoms with van der Waals surface area (Å²) >= 11 is 0. The Morgan fingerprint density at radius 1 is 1.24 bits per heavy atom. The Hall–Kier alpha value is -1.79. The van der Waals surface area contributed by atoms with Crippen LogP contribution in [0.25, 0.3) is 0 Å². The van der Waals surface area contributed by atoms with E-state index in [2.05, 4.69) is 10.2 Å². The molecule has 1 aliphatic rings. The number of aromatic carboxylic acids is 1. The van der Waals surface area contributed by atoms with Crippen LogP contribution in [0, 0.1) is 0 Å². The van der Waals surface area contributed by atoms with Gasteiger partial charge in [-0.3, -0.25) is 0 Å². The molecule has 1 saturated heterocycles. The molecule has 2 rings (SSSR count). The largest absolute Gasteiger partial charge is 0.496 e. The van der Waals surface area contributed by atoms with Crippen molar-refractivity contribution in [3.8, 4) is 11.5 Å². The van der Waals surface area contributed by atoms with Gasteiger partial charge in [-0.15, -0.1) is 0 Å². The third kappa shape index (κ3) is 3.86. The Labute approximate surface area is 124 Å². The average molecular weight is 294 g/mol. The summed E-state index contributed by atoms with van der Waals surface area (Å²) in [5, 5.41) is 12.6. The van der Waals surface area contributed by atoms with Crippen LogP contribution in [0.3, 0.4) is 0 Å². The second kappa shape index (κ2) is 7.28. The number of nitrogens with zero attached hydrogens (tertiary/aromatic N) is 1. The van der Waals surface area contributed by atoms with E-state index in [-0.39, 0.29) is 5.56 Å². The van der Waals surface area contributed by atoms with Gasteiger partial charge in [0, 0.05) is 38.8 Å². The predicted octanol–water partition coefficient (Wildman–Crippen LogP) is 0.850.